The smallest absolute Gasteiger partial charge is 0.246 e. The van der Waals surface area contributed by atoms with E-state index in [9.17, 15) is 14.7 Å². The monoisotopic (exact) mass is 393 g/mol. The number of benzene rings is 2. The lowest BCUT2D eigenvalue weighted by molar-refractivity contribution is -0.147. The second kappa shape index (κ2) is 7.87. The Morgan fingerprint density at radius 1 is 1.14 bits per heavy atom. The maximum atomic E-state index is 13.0. The van der Waals surface area contributed by atoms with Gasteiger partial charge >= 0.3 is 0 Å². The minimum absolute atomic E-state index is 0.0292. The largest absolute Gasteiger partial charge is 0.508 e. The number of amides is 2. The first kappa shape index (κ1) is 19.5. The third kappa shape index (κ3) is 4.12. The molecule has 3 N–H and O–H groups in total. The van der Waals surface area contributed by atoms with E-state index in [0.717, 1.165) is 12.1 Å². The van der Waals surface area contributed by atoms with E-state index < -0.39 is 12.1 Å². The minimum atomic E-state index is -0.554. The van der Waals surface area contributed by atoms with E-state index in [1.807, 2.05) is 0 Å². The molecule has 2 aliphatic heterocycles. The lowest BCUT2D eigenvalue weighted by Crippen LogP contribution is -2.61. The summed E-state index contributed by atoms with van der Waals surface area (Å²) in [4.78, 5) is 27.3. The Hall–Kier alpha value is -2.86. The zero-order valence-corrected chi connectivity index (χ0v) is 16.8. The van der Waals surface area contributed by atoms with Gasteiger partial charge in [-0.25, -0.2) is 0 Å². The molecule has 0 aliphatic carbocycles. The molecule has 0 spiro atoms. The average molecular weight is 393 g/mol. The molecule has 0 radical (unpaired) electrons. The summed E-state index contributed by atoms with van der Waals surface area (Å²) < 4.78 is 0. The average Bonchev–Trinajstić information content (AvgIpc) is 3.12. The molecule has 2 fully saturated rings. The number of carbonyl (C=O) groups excluding carboxylic acids is 2. The molecule has 2 aromatic carbocycles. The Balaban J connectivity index is 1.39. The molecule has 152 valence electrons. The quantitative estimate of drug-likeness (QED) is 0.724. The Morgan fingerprint density at radius 3 is 2.62 bits per heavy atom. The first-order chi connectivity index (χ1) is 13.9. The molecule has 2 saturated heterocycles. The fourth-order valence-electron chi connectivity index (χ4n) is 4.31. The van der Waals surface area contributed by atoms with Crippen LogP contribution >= 0.6 is 0 Å². The van der Waals surface area contributed by atoms with Gasteiger partial charge in [-0.15, -0.1) is 0 Å². The van der Waals surface area contributed by atoms with Crippen molar-refractivity contribution in [1.82, 2.24) is 15.5 Å². The normalized spacial score (nSPS) is 23.8. The lowest BCUT2D eigenvalue weighted by atomic mass is 10.0. The van der Waals surface area contributed by atoms with E-state index in [-0.39, 0.29) is 23.6 Å². The van der Waals surface area contributed by atoms with Crippen LogP contribution in [0.15, 0.2) is 42.5 Å². The van der Waals surface area contributed by atoms with Crippen LogP contribution in [0.3, 0.4) is 0 Å². The van der Waals surface area contributed by atoms with Gasteiger partial charge in [0.15, 0.2) is 0 Å². The first-order valence-electron chi connectivity index (χ1n) is 10.1. The van der Waals surface area contributed by atoms with Gasteiger partial charge in [0.25, 0.3) is 0 Å². The number of piperazine rings is 1. The number of phenolic OH excluding ortho intramolecular Hbond substituents is 1. The van der Waals surface area contributed by atoms with E-state index in [1.54, 1.807) is 29.2 Å². The predicted molar refractivity (Wildman–Crippen MR) is 110 cm³/mol. The number of phenols is 1. The van der Waals surface area contributed by atoms with Crippen LogP contribution in [0.4, 0.5) is 0 Å². The van der Waals surface area contributed by atoms with Crippen LogP contribution in [0.25, 0.3) is 0 Å². The van der Waals surface area contributed by atoms with Crippen molar-refractivity contribution in [2.45, 2.75) is 51.4 Å². The number of aromatic hydroxyl groups is 1. The summed E-state index contributed by atoms with van der Waals surface area (Å²) in [6, 6.07) is 12.3. The molecular weight excluding hydrogens is 366 g/mol. The highest BCUT2D eigenvalue weighted by atomic mass is 16.3. The maximum Gasteiger partial charge on any atom is 0.246 e. The molecule has 0 saturated carbocycles. The van der Waals surface area contributed by atoms with E-state index in [4.69, 9.17) is 0 Å². The van der Waals surface area contributed by atoms with E-state index in [1.165, 1.54) is 16.7 Å². The predicted octanol–water partition coefficient (Wildman–Crippen LogP) is 1.81. The third-order valence-corrected chi connectivity index (χ3v) is 5.96. The summed E-state index contributed by atoms with van der Waals surface area (Å²) in [7, 11) is 0. The van der Waals surface area contributed by atoms with Crippen LogP contribution in [-0.4, -0.2) is 46.5 Å². The first-order valence-corrected chi connectivity index (χ1v) is 10.1. The van der Waals surface area contributed by atoms with Gasteiger partial charge in [-0.05, 0) is 49.1 Å². The van der Waals surface area contributed by atoms with Crippen LogP contribution in [0.2, 0.25) is 0 Å². The molecule has 6 nitrogen and oxygen atoms in total. The number of nitrogens with zero attached hydrogens (tertiary/aromatic N) is 1. The van der Waals surface area contributed by atoms with Crippen LogP contribution < -0.4 is 10.6 Å². The van der Waals surface area contributed by atoms with Crippen molar-refractivity contribution < 1.29 is 14.7 Å². The van der Waals surface area contributed by atoms with Crippen LogP contribution in [0.5, 0.6) is 5.75 Å². The fourth-order valence-corrected chi connectivity index (χ4v) is 4.31. The number of nitrogens with one attached hydrogen (secondary N) is 2. The highest BCUT2D eigenvalue weighted by Gasteiger charge is 2.46. The van der Waals surface area contributed by atoms with Gasteiger partial charge in [-0.1, -0.05) is 35.9 Å². The molecule has 0 unspecified atom stereocenters. The van der Waals surface area contributed by atoms with Crippen molar-refractivity contribution in [3.05, 3.63) is 64.7 Å². The van der Waals surface area contributed by atoms with Crippen molar-refractivity contribution in [3.8, 4) is 5.75 Å². The van der Waals surface area contributed by atoms with Crippen LogP contribution in [0, 0.1) is 13.8 Å². The molecule has 2 amide bonds. The Labute approximate surface area is 170 Å². The van der Waals surface area contributed by atoms with Crippen LogP contribution in [0.1, 0.15) is 28.7 Å². The Morgan fingerprint density at radius 2 is 1.90 bits per heavy atom. The third-order valence-electron chi connectivity index (χ3n) is 5.96. The molecule has 6 heteroatoms. The molecule has 2 aromatic rings. The van der Waals surface area contributed by atoms with Gasteiger partial charge < -0.3 is 20.6 Å². The van der Waals surface area contributed by atoms with Crippen molar-refractivity contribution in [1.29, 1.82) is 0 Å². The number of fused-ring (bicyclic) bond motifs is 1. The van der Waals surface area contributed by atoms with Gasteiger partial charge in [0.2, 0.25) is 11.8 Å². The zero-order chi connectivity index (χ0) is 20.5. The summed E-state index contributed by atoms with van der Waals surface area (Å²) in [5.41, 5.74) is 4.63. The molecule has 0 bridgehead atoms. The minimum Gasteiger partial charge on any atom is -0.508 e. The van der Waals surface area contributed by atoms with Crippen molar-refractivity contribution in [2.75, 3.05) is 6.54 Å². The summed E-state index contributed by atoms with van der Waals surface area (Å²) in [5, 5.41) is 15.8. The Bertz CT molecular complexity index is 925. The van der Waals surface area contributed by atoms with Gasteiger partial charge in [0.05, 0.1) is 0 Å². The lowest BCUT2D eigenvalue weighted by Gasteiger charge is -2.34. The van der Waals surface area contributed by atoms with Crippen molar-refractivity contribution in [3.63, 3.8) is 0 Å². The SMILES string of the molecule is Cc1ccc(CN[C@H]2C[C@H]3C(=O)N[C@@H](Cc4ccc(O)cc4)C(=O)N3C2)c(C)c1. The fraction of sp³-hybridized carbons (Fsp3) is 0.391. The van der Waals surface area contributed by atoms with Gasteiger partial charge in [0.1, 0.15) is 17.8 Å². The number of aryl methyl sites for hydroxylation is 2. The van der Waals surface area contributed by atoms with Crippen LogP contribution in [-0.2, 0) is 22.6 Å². The molecule has 2 aliphatic rings. The number of rotatable bonds is 5. The van der Waals surface area contributed by atoms with E-state index in [2.05, 4.69) is 42.7 Å². The molecule has 29 heavy (non-hydrogen) atoms. The zero-order valence-electron chi connectivity index (χ0n) is 16.8. The Kier molecular flexibility index (Phi) is 5.28. The standard InChI is InChI=1S/C23H27N3O3/c1-14-3-6-17(15(2)9-14)12-24-18-11-21-22(28)25-20(23(29)26(21)13-18)10-16-4-7-19(27)8-5-16/h3-9,18,20-21,24,27H,10-13H2,1-2H3,(H,25,28)/t18-,20-,21-/m0/s1. The molecule has 4 rings (SSSR count). The molecular formula is C23H27N3O3. The number of hydrogen-bond donors (Lipinski definition) is 3. The topological polar surface area (TPSA) is 81.7 Å². The summed E-state index contributed by atoms with van der Waals surface area (Å²) in [6.45, 7) is 5.46. The second-order valence-corrected chi connectivity index (χ2v) is 8.18. The number of carbonyl (C=O) groups is 2. The molecule has 3 atom stereocenters. The maximum absolute atomic E-state index is 13.0. The highest BCUT2D eigenvalue weighted by Crippen LogP contribution is 2.25. The second-order valence-electron chi connectivity index (χ2n) is 8.18. The summed E-state index contributed by atoms with van der Waals surface area (Å²) in [5.74, 6) is 0.0766. The van der Waals surface area contributed by atoms with E-state index in [0.29, 0.717) is 19.4 Å². The molecule has 2 heterocycles. The summed E-state index contributed by atoms with van der Waals surface area (Å²) in [6.07, 6.45) is 1.06. The van der Waals surface area contributed by atoms with Gasteiger partial charge in [-0.2, -0.15) is 0 Å². The highest BCUT2D eigenvalue weighted by molar-refractivity contribution is 5.97. The summed E-state index contributed by atoms with van der Waals surface area (Å²) >= 11 is 0. The molecule has 0 aromatic heterocycles. The van der Waals surface area contributed by atoms with Crippen molar-refractivity contribution >= 4 is 11.8 Å². The van der Waals surface area contributed by atoms with Gasteiger partial charge in [-0.3, -0.25) is 9.59 Å². The van der Waals surface area contributed by atoms with E-state index >= 15 is 0 Å². The van der Waals surface area contributed by atoms with Crippen molar-refractivity contribution in [2.24, 2.45) is 0 Å². The van der Waals surface area contributed by atoms with Gasteiger partial charge in [0, 0.05) is 25.6 Å². The number of hydrogen-bond acceptors (Lipinski definition) is 4.